The molecular formula is C22H28FN3O6S. The Bertz CT molecular complexity index is 1110. The van der Waals surface area contributed by atoms with Crippen LogP contribution in [0.1, 0.15) is 36.8 Å². The van der Waals surface area contributed by atoms with Crippen LogP contribution in [-0.2, 0) is 30.9 Å². The van der Waals surface area contributed by atoms with Gasteiger partial charge in [0.15, 0.2) is 11.9 Å². The second-order valence-electron chi connectivity index (χ2n) is 8.26. The van der Waals surface area contributed by atoms with Gasteiger partial charge >= 0.3 is 5.97 Å². The molecule has 3 rings (SSSR count). The van der Waals surface area contributed by atoms with E-state index in [0.717, 1.165) is 0 Å². The molecule has 2 aromatic rings. The van der Waals surface area contributed by atoms with E-state index in [1.165, 1.54) is 42.2 Å². The van der Waals surface area contributed by atoms with Gasteiger partial charge in [-0.15, -0.1) is 0 Å². The van der Waals surface area contributed by atoms with Gasteiger partial charge in [-0.2, -0.15) is 4.31 Å². The van der Waals surface area contributed by atoms with Crippen molar-refractivity contribution in [2.45, 2.75) is 51.2 Å². The summed E-state index contributed by atoms with van der Waals surface area (Å²) in [5.41, 5.74) is 0.870. The van der Waals surface area contributed by atoms with Gasteiger partial charge in [-0.05, 0) is 51.3 Å². The van der Waals surface area contributed by atoms with Gasteiger partial charge in [0.1, 0.15) is 16.4 Å². The second-order valence-corrected chi connectivity index (χ2v) is 10.1. The van der Waals surface area contributed by atoms with Gasteiger partial charge in [0, 0.05) is 26.7 Å². The van der Waals surface area contributed by atoms with Crippen LogP contribution in [-0.4, -0.2) is 60.9 Å². The molecule has 180 valence electrons. The summed E-state index contributed by atoms with van der Waals surface area (Å²) in [6.45, 7) is 4.91. The molecule has 1 fully saturated rings. The predicted molar refractivity (Wildman–Crippen MR) is 116 cm³/mol. The van der Waals surface area contributed by atoms with Crippen molar-refractivity contribution in [3.8, 4) is 0 Å². The summed E-state index contributed by atoms with van der Waals surface area (Å²) in [5, 5.41) is 3.71. The number of sulfonamides is 1. The Hall–Kier alpha value is -2.79. The van der Waals surface area contributed by atoms with Crippen molar-refractivity contribution in [1.82, 2.24) is 14.4 Å². The van der Waals surface area contributed by atoms with Crippen molar-refractivity contribution >= 4 is 21.9 Å². The van der Waals surface area contributed by atoms with Crippen molar-refractivity contribution < 1.29 is 31.7 Å². The minimum Gasteiger partial charge on any atom is -0.452 e. The van der Waals surface area contributed by atoms with E-state index in [1.807, 2.05) is 0 Å². The van der Waals surface area contributed by atoms with E-state index in [0.29, 0.717) is 18.4 Å². The quantitative estimate of drug-likeness (QED) is 0.559. The first-order valence-corrected chi connectivity index (χ1v) is 12.1. The number of aryl methyl sites for hydroxylation is 2. The standard InChI is InChI=1S/C22H28FN3O6S/c1-14-20(15(2)32-24-14)33(29,30)26-10-6-8-18(13-26)22(28)31-16(3)21(27)25(4)12-17-7-5-9-19(23)11-17/h5,7,9,11,16,18H,6,8,10,12-13H2,1-4H3. The number of likely N-dealkylation sites (N-methyl/N-ethyl adjacent to an activating group) is 1. The molecule has 1 aliphatic rings. The summed E-state index contributed by atoms with van der Waals surface area (Å²) in [5.74, 6) is -1.98. The van der Waals surface area contributed by atoms with E-state index < -0.39 is 39.7 Å². The number of halogens is 1. The van der Waals surface area contributed by atoms with Gasteiger partial charge in [0.2, 0.25) is 10.0 Å². The first-order valence-electron chi connectivity index (χ1n) is 10.6. The van der Waals surface area contributed by atoms with E-state index in [-0.39, 0.29) is 36.0 Å². The third kappa shape index (κ3) is 5.59. The molecule has 2 heterocycles. The van der Waals surface area contributed by atoms with Gasteiger partial charge in [-0.1, -0.05) is 17.3 Å². The van der Waals surface area contributed by atoms with E-state index in [2.05, 4.69) is 5.16 Å². The lowest BCUT2D eigenvalue weighted by Gasteiger charge is -2.31. The zero-order chi connectivity index (χ0) is 24.3. The Morgan fingerprint density at radius 1 is 1.36 bits per heavy atom. The molecule has 1 aliphatic heterocycles. The number of ether oxygens (including phenoxy) is 1. The van der Waals surface area contributed by atoms with Crippen LogP contribution in [0.15, 0.2) is 33.7 Å². The average molecular weight is 482 g/mol. The number of carbonyl (C=O) groups is 2. The first-order chi connectivity index (χ1) is 15.5. The third-order valence-corrected chi connectivity index (χ3v) is 7.72. The zero-order valence-electron chi connectivity index (χ0n) is 19.1. The molecule has 2 atom stereocenters. The number of amides is 1. The fourth-order valence-corrected chi connectivity index (χ4v) is 5.76. The van der Waals surface area contributed by atoms with Crippen molar-refractivity contribution in [3.05, 3.63) is 47.1 Å². The van der Waals surface area contributed by atoms with Crippen LogP contribution in [0.5, 0.6) is 0 Å². The van der Waals surface area contributed by atoms with E-state index in [9.17, 15) is 22.4 Å². The maximum Gasteiger partial charge on any atom is 0.311 e. The average Bonchev–Trinajstić information content (AvgIpc) is 3.11. The topological polar surface area (TPSA) is 110 Å². The molecule has 1 aromatic carbocycles. The number of aromatic nitrogens is 1. The molecule has 9 nitrogen and oxygen atoms in total. The molecule has 0 saturated carbocycles. The van der Waals surface area contributed by atoms with Crippen molar-refractivity contribution in [2.75, 3.05) is 20.1 Å². The van der Waals surface area contributed by atoms with Crippen molar-refractivity contribution in [3.63, 3.8) is 0 Å². The first kappa shape index (κ1) is 24.8. The van der Waals surface area contributed by atoms with Gasteiger partial charge in [0.25, 0.3) is 5.91 Å². The number of piperidine rings is 1. The fraction of sp³-hybridized carbons (Fsp3) is 0.500. The minimum absolute atomic E-state index is 0.0130. The van der Waals surface area contributed by atoms with Gasteiger partial charge in [-0.3, -0.25) is 9.59 Å². The summed E-state index contributed by atoms with van der Waals surface area (Å²) in [6, 6.07) is 5.89. The number of nitrogens with zero attached hydrogens (tertiary/aromatic N) is 3. The van der Waals surface area contributed by atoms with Crippen LogP contribution in [0.3, 0.4) is 0 Å². The fourth-order valence-electron chi connectivity index (χ4n) is 3.94. The maximum atomic E-state index is 13.4. The summed E-state index contributed by atoms with van der Waals surface area (Å²) in [4.78, 5) is 26.7. The SMILES string of the molecule is Cc1noc(C)c1S(=O)(=O)N1CCCC(C(=O)OC(C)C(=O)N(C)Cc2cccc(F)c2)C1. The lowest BCUT2D eigenvalue weighted by Crippen LogP contribution is -2.44. The molecule has 0 bridgehead atoms. The Balaban J connectivity index is 1.62. The highest BCUT2D eigenvalue weighted by atomic mass is 32.2. The van der Waals surface area contributed by atoms with Crippen molar-refractivity contribution in [1.29, 1.82) is 0 Å². The Morgan fingerprint density at radius 2 is 2.09 bits per heavy atom. The molecule has 33 heavy (non-hydrogen) atoms. The van der Waals surface area contributed by atoms with E-state index in [4.69, 9.17) is 9.26 Å². The van der Waals surface area contributed by atoms with Crippen LogP contribution in [0.25, 0.3) is 0 Å². The highest BCUT2D eigenvalue weighted by molar-refractivity contribution is 7.89. The largest absolute Gasteiger partial charge is 0.452 e. The molecule has 0 spiro atoms. The number of benzene rings is 1. The number of hydrogen-bond donors (Lipinski definition) is 0. The van der Waals surface area contributed by atoms with Gasteiger partial charge < -0.3 is 14.2 Å². The number of esters is 1. The minimum atomic E-state index is -3.88. The summed E-state index contributed by atoms with van der Waals surface area (Å²) < 4.78 is 51.1. The maximum absolute atomic E-state index is 13.4. The Kier molecular flexibility index (Phi) is 7.53. The van der Waals surface area contributed by atoms with E-state index >= 15 is 0 Å². The Morgan fingerprint density at radius 3 is 2.73 bits per heavy atom. The molecule has 0 aliphatic carbocycles. The van der Waals surface area contributed by atoms with Crippen LogP contribution in [0.4, 0.5) is 4.39 Å². The number of hydrogen-bond acceptors (Lipinski definition) is 7. The zero-order valence-corrected chi connectivity index (χ0v) is 19.9. The molecule has 11 heteroatoms. The molecule has 0 radical (unpaired) electrons. The molecule has 1 aromatic heterocycles. The number of rotatable bonds is 7. The Labute approximate surface area is 192 Å². The molecule has 0 N–H and O–H groups in total. The van der Waals surface area contributed by atoms with Crippen LogP contribution in [0, 0.1) is 25.6 Å². The van der Waals surface area contributed by atoms with Gasteiger partial charge in [-0.25, -0.2) is 12.8 Å². The smallest absolute Gasteiger partial charge is 0.311 e. The molecular weight excluding hydrogens is 453 g/mol. The normalized spacial score (nSPS) is 18.0. The van der Waals surface area contributed by atoms with Crippen LogP contribution < -0.4 is 0 Å². The molecule has 1 saturated heterocycles. The molecule has 1 amide bonds. The molecule has 2 unspecified atom stereocenters. The van der Waals surface area contributed by atoms with E-state index in [1.54, 1.807) is 19.1 Å². The third-order valence-electron chi connectivity index (χ3n) is 5.61. The van der Waals surface area contributed by atoms with Crippen LogP contribution >= 0.6 is 0 Å². The predicted octanol–water partition coefficient (Wildman–Crippen LogP) is 2.42. The van der Waals surface area contributed by atoms with Crippen LogP contribution in [0.2, 0.25) is 0 Å². The lowest BCUT2D eigenvalue weighted by molar-refractivity contribution is -0.163. The highest BCUT2D eigenvalue weighted by Crippen LogP contribution is 2.28. The van der Waals surface area contributed by atoms with Gasteiger partial charge in [0.05, 0.1) is 5.92 Å². The lowest BCUT2D eigenvalue weighted by atomic mass is 10.00. The summed E-state index contributed by atoms with van der Waals surface area (Å²) >= 11 is 0. The summed E-state index contributed by atoms with van der Waals surface area (Å²) in [7, 11) is -2.34. The second kappa shape index (κ2) is 10.0. The summed E-state index contributed by atoms with van der Waals surface area (Å²) in [6.07, 6.45) is -0.137. The highest BCUT2D eigenvalue weighted by Gasteiger charge is 2.38. The monoisotopic (exact) mass is 481 g/mol. The van der Waals surface area contributed by atoms with Crippen molar-refractivity contribution in [2.24, 2.45) is 5.92 Å². The number of carbonyl (C=O) groups excluding carboxylic acids is 2.